The molecule has 1 aliphatic carbocycles. The molecule has 0 unspecified atom stereocenters. The van der Waals surface area contributed by atoms with Crippen LogP contribution >= 0.6 is 0 Å². The Bertz CT molecular complexity index is 447. The van der Waals surface area contributed by atoms with Crippen LogP contribution in [0.2, 0.25) is 0 Å². The molecule has 0 radical (unpaired) electrons. The van der Waals surface area contributed by atoms with Gasteiger partial charge in [-0.15, -0.1) is 0 Å². The summed E-state index contributed by atoms with van der Waals surface area (Å²) in [6.07, 6.45) is 8.39. The Morgan fingerprint density at radius 2 is 2.21 bits per heavy atom. The molecular weight excluding hydrogens is 234 g/mol. The van der Waals surface area contributed by atoms with E-state index in [0.29, 0.717) is 5.75 Å². The van der Waals surface area contributed by atoms with Crippen molar-refractivity contribution in [3.8, 4) is 5.75 Å². The van der Waals surface area contributed by atoms with Crippen molar-refractivity contribution in [3.63, 3.8) is 0 Å². The lowest BCUT2D eigenvalue weighted by atomic mass is 9.92. The van der Waals surface area contributed by atoms with Gasteiger partial charge in [-0.05, 0) is 68.0 Å². The Hall–Kier alpha value is -1.28. The molecule has 1 aromatic carbocycles. The molecule has 2 heteroatoms. The van der Waals surface area contributed by atoms with Crippen molar-refractivity contribution in [1.82, 2.24) is 5.32 Å². The summed E-state index contributed by atoms with van der Waals surface area (Å²) in [5.41, 5.74) is 3.78. The van der Waals surface area contributed by atoms with Gasteiger partial charge in [0, 0.05) is 6.04 Å². The molecule has 1 aromatic rings. The lowest BCUT2D eigenvalue weighted by Crippen LogP contribution is -2.35. The fourth-order valence-electron chi connectivity index (χ4n) is 2.57. The van der Waals surface area contributed by atoms with Gasteiger partial charge in [0.15, 0.2) is 0 Å². The third-order valence-corrected chi connectivity index (χ3v) is 3.95. The fourth-order valence-corrected chi connectivity index (χ4v) is 2.57. The number of hydrogen-bond donors (Lipinski definition) is 2. The summed E-state index contributed by atoms with van der Waals surface area (Å²) in [6, 6.07) is 6.39. The molecule has 1 fully saturated rings. The number of benzene rings is 1. The molecule has 0 amide bonds. The van der Waals surface area contributed by atoms with E-state index in [1.54, 1.807) is 6.07 Å². The fraction of sp³-hybridized carbons (Fsp3) is 0.529. The highest BCUT2D eigenvalue weighted by molar-refractivity contribution is 5.69. The van der Waals surface area contributed by atoms with E-state index in [2.05, 4.69) is 25.2 Å². The molecule has 0 atom stereocenters. The summed E-state index contributed by atoms with van der Waals surface area (Å²) >= 11 is 0. The smallest absolute Gasteiger partial charge is 0.116 e. The molecule has 0 aliphatic heterocycles. The second kappa shape index (κ2) is 6.76. The van der Waals surface area contributed by atoms with Crippen molar-refractivity contribution in [2.45, 2.75) is 52.0 Å². The van der Waals surface area contributed by atoms with Crippen LogP contribution in [0.15, 0.2) is 24.3 Å². The molecule has 0 heterocycles. The van der Waals surface area contributed by atoms with Gasteiger partial charge < -0.3 is 10.4 Å². The van der Waals surface area contributed by atoms with Crippen molar-refractivity contribution in [2.75, 3.05) is 6.54 Å². The number of nitrogens with one attached hydrogen (secondary N) is 1. The first-order valence-corrected chi connectivity index (χ1v) is 7.43. The zero-order chi connectivity index (χ0) is 13.7. The van der Waals surface area contributed by atoms with Crippen LogP contribution in [0.5, 0.6) is 5.75 Å². The summed E-state index contributed by atoms with van der Waals surface area (Å²) in [6.45, 7) is 5.31. The molecule has 0 aromatic heterocycles. The van der Waals surface area contributed by atoms with Crippen molar-refractivity contribution in [1.29, 1.82) is 0 Å². The molecule has 0 spiro atoms. The normalized spacial score (nSPS) is 16.4. The second-order valence-electron chi connectivity index (χ2n) is 5.47. The highest BCUT2D eigenvalue weighted by Crippen LogP contribution is 2.26. The van der Waals surface area contributed by atoms with Crippen LogP contribution in [0.4, 0.5) is 0 Å². The van der Waals surface area contributed by atoms with E-state index in [1.807, 2.05) is 12.1 Å². The predicted octanol–water partition coefficient (Wildman–Crippen LogP) is 4.03. The molecule has 1 saturated carbocycles. The summed E-state index contributed by atoms with van der Waals surface area (Å²) < 4.78 is 0. The minimum atomic E-state index is 0.356. The van der Waals surface area contributed by atoms with Crippen LogP contribution < -0.4 is 5.32 Å². The number of phenols is 1. The van der Waals surface area contributed by atoms with E-state index in [9.17, 15) is 5.11 Å². The van der Waals surface area contributed by atoms with Crippen LogP contribution in [0.3, 0.4) is 0 Å². The van der Waals surface area contributed by atoms with Gasteiger partial charge in [0.05, 0.1) is 0 Å². The standard InChI is InChI=1S/C17H25NO/c1-3-5-14(10-11-18-15-6-4-7-15)17-12-16(19)9-8-13(17)2/h5,8-9,12,15,18-19H,3-4,6-7,10-11H2,1-2H3/b14-5-. The van der Waals surface area contributed by atoms with Gasteiger partial charge in [-0.25, -0.2) is 0 Å². The van der Waals surface area contributed by atoms with Gasteiger partial charge in [-0.2, -0.15) is 0 Å². The molecule has 2 N–H and O–H groups in total. The van der Waals surface area contributed by atoms with E-state index in [1.165, 1.54) is 36.0 Å². The zero-order valence-electron chi connectivity index (χ0n) is 12.1. The SMILES string of the molecule is CC/C=C(/CCNC1CCC1)c1cc(O)ccc1C. The quantitative estimate of drug-likeness (QED) is 0.808. The minimum Gasteiger partial charge on any atom is -0.508 e. The Morgan fingerprint density at radius 1 is 1.42 bits per heavy atom. The molecule has 19 heavy (non-hydrogen) atoms. The number of allylic oxidation sites excluding steroid dienone is 1. The summed E-state index contributed by atoms with van der Waals surface area (Å²) in [7, 11) is 0. The highest BCUT2D eigenvalue weighted by Gasteiger charge is 2.16. The number of hydrogen-bond acceptors (Lipinski definition) is 2. The average Bonchev–Trinajstić information content (AvgIpc) is 2.34. The third kappa shape index (κ3) is 3.84. The van der Waals surface area contributed by atoms with Crippen LogP contribution in [0.25, 0.3) is 5.57 Å². The van der Waals surface area contributed by atoms with Gasteiger partial charge in [-0.1, -0.05) is 25.5 Å². The Balaban J connectivity index is 2.01. The molecule has 2 rings (SSSR count). The maximum absolute atomic E-state index is 9.67. The lowest BCUT2D eigenvalue weighted by Gasteiger charge is -2.26. The molecule has 104 valence electrons. The van der Waals surface area contributed by atoms with Gasteiger partial charge >= 0.3 is 0 Å². The zero-order valence-corrected chi connectivity index (χ0v) is 12.1. The topological polar surface area (TPSA) is 32.3 Å². The van der Waals surface area contributed by atoms with Crippen molar-refractivity contribution < 1.29 is 5.11 Å². The highest BCUT2D eigenvalue weighted by atomic mass is 16.3. The van der Waals surface area contributed by atoms with Crippen molar-refractivity contribution in [3.05, 3.63) is 35.4 Å². The Kier molecular flexibility index (Phi) is 5.03. The van der Waals surface area contributed by atoms with Crippen molar-refractivity contribution in [2.24, 2.45) is 0 Å². The first-order chi connectivity index (χ1) is 9.20. The maximum atomic E-state index is 9.67. The number of aryl methyl sites for hydroxylation is 1. The molecule has 0 bridgehead atoms. The first-order valence-electron chi connectivity index (χ1n) is 7.43. The van der Waals surface area contributed by atoms with E-state index in [4.69, 9.17) is 0 Å². The molecule has 1 aliphatic rings. The van der Waals surface area contributed by atoms with Crippen LogP contribution in [0, 0.1) is 6.92 Å². The summed E-state index contributed by atoms with van der Waals surface area (Å²) in [5, 5.41) is 13.3. The third-order valence-electron chi connectivity index (χ3n) is 3.95. The van der Waals surface area contributed by atoms with Crippen molar-refractivity contribution >= 4 is 5.57 Å². The van der Waals surface area contributed by atoms with Gasteiger partial charge in [-0.3, -0.25) is 0 Å². The van der Waals surface area contributed by atoms with E-state index in [0.717, 1.165) is 25.4 Å². The summed E-state index contributed by atoms with van der Waals surface area (Å²) in [4.78, 5) is 0. The first kappa shape index (κ1) is 14.1. The predicted molar refractivity (Wildman–Crippen MR) is 81.4 cm³/mol. The molecule has 0 saturated heterocycles. The molecule has 2 nitrogen and oxygen atoms in total. The Labute approximate surface area is 116 Å². The second-order valence-corrected chi connectivity index (χ2v) is 5.47. The molecular formula is C17H25NO. The van der Waals surface area contributed by atoms with E-state index >= 15 is 0 Å². The van der Waals surface area contributed by atoms with Gasteiger partial charge in [0.2, 0.25) is 0 Å². The summed E-state index contributed by atoms with van der Waals surface area (Å²) in [5.74, 6) is 0.356. The number of phenolic OH excluding ortho intramolecular Hbond substituents is 1. The maximum Gasteiger partial charge on any atom is 0.116 e. The monoisotopic (exact) mass is 259 g/mol. The number of aromatic hydroxyl groups is 1. The minimum absolute atomic E-state index is 0.356. The number of rotatable bonds is 6. The Morgan fingerprint density at radius 3 is 2.84 bits per heavy atom. The van der Waals surface area contributed by atoms with Gasteiger partial charge in [0.25, 0.3) is 0 Å². The van der Waals surface area contributed by atoms with Crippen LogP contribution in [-0.2, 0) is 0 Å². The van der Waals surface area contributed by atoms with E-state index < -0.39 is 0 Å². The van der Waals surface area contributed by atoms with Crippen LogP contribution in [0.1, 0.15) is 50.2 Å². The lowest BCUT2D eigenvalue weighted by molar-refractivity contribution is 0.343. The largest absolute Gasteiger partial charge is 0.508 e. The van der Waals surface area contributed by atoms with E-state index in [-0.39, 0.29) is 0 Å². The van der Waals surface area contributed by atoms with Crippen LogP contribution in [-0.4, -0.2) is 17.7 Å². The van der Waals surface area contributed by atoms with Gasteiger partial charge in [0.1, 0.15) is 5.75 Å². The average molecular weight is 259 g/mol.